The Labute approximate surface area is 158 Å². The van der Waals surface area contributed by atoms with E-state index in [1.54, 1.807) is 0 Å². The van der Waals surface area contributed by atoms with E-state index in [0.29, 0.717) is 6.61 Å². The number of amides is 2. The van der Waals surface area contributed by atoms with Crippen LogP contribution in [0.1, 0.15) is 0 Å². The molecule has 2 amide bonds. The summed E-state index contributed by atoms with van der Waals surface area (Å²) < 4.78 is 37.7. The third-order valence-electron chi connectivity index (χ3n) is 3.44. The molecule has 0 fully saturated rings. The quantitative estimate of drug-likeness (QED) is 0.287. The van der Waals surface area contributed by atoms with Gasteiger partial charge in [-0.1, -0.05) is 0 Å². The summed E-state index contributed by atoms with van der Waals surface area (Å²) in [5.41, 5.74) is 0. The molecular formula is C15H27N2O9P. The van der Waals surface area contributed by atoms with Gasteiger partial charge >= 0.3 is 13.6 Å². The van der Waals surface area contributed by atoms with Crippen molar-refractivity contribution in [1.29, 1.82) is 0 Å². The van der Waals surface area contributed by atoms with Crippen molar-refractivity contribution in [3.63, 3.8) is 0 Å². The molecule has 12 heteroatoms. The molecule has 0 spiro atoms. The highest BCUT2D eigenvalue weighted by Crippen LogP contribution is 2.48. The molecule has 3 atom stereocenters. The van der Waals surface area contributed by atoms with Crippen LogP contribution in [0.4, 0.5) is 4.79 Å². The molecule has 1 aliphatic rings. The lowest BCUT2D eigenvalue weighted by Crippen LogP contribution is -2.52. The number of urea groups is 1. The van der Waals surface area contributed by atoms with E-state index in [-0.39, 0.29) is 13.2 Å². The first-order chi connectivity index (χ1) is 12.9. The lowest BCUT2D eigenvalue weighted by atomic mass is 10.3. The van der Waals surface area contributed by atoms with E-state index in [1.165, 1.54) is 44.6 Å². The number of nitrogens with one attached hydrogen (secondary N) is 1. The lowest BCUT2D eigenvalue weighted by molar-refractivity contribution is -0.107. The Bertz CT molecular complexity index is 549. The Kier molecular flexibility index (Phi) is 10.7. The summed E-state index contributed by atoms with van der Waals surface area (Å²) in [6, 6.07) is -0.606. The van der Waals surface area contributed by atoms with Gasteiger partial charge in [0.25, 0.3) is 0 Å². The van der Waals surface area contributed by atoms with Crippen molar-refractivity contribution >= 4 is 13.6 Å². The van der Waals surface area contributed by atoms with Crippen molar-refractivity contribution in [2.45, 2.75) is 18.6 Å². The Morgan fingerprint density at radius 2 is 2.04 bits per heavy atom. The van der Waals surface area contributed by atoms with Gasteiger partial charge in [-0.3, -0.25) is 9.46 Å². The lowest BCUT2D eigenvalue weighted by Gasteiger charge is -2.33. The van der Waals surface area contributed by atoms with E-state index in [9.17, 15) is 19.6 Å². The van der Waals surface area contributed by atoms with Crippen molar-refractivity contribution in [3.8, 4) is 0 Å². The number of aliphatic hydroxyl groups excluding tert-OH is 2. The summed E-state index contributed by atoms with van der Waals surface area (Å²) in [6.45, 7) is 0.121. The first-order valence-corrected chi connectivity index (χ1v) is 9.69. The second kappa shape index (κ2) is 12.2. The summed E-state index contributed by atoms with van der Waals surface area (Å²) in [5, 5.41) is 21.3. The summed E-state index contributed by atoms with van der Waals surface area (Å²) in [5.74, 6) is 1.16. The first-order valence-electron chi connectivity index (χ1n) is 8.08. The monoisotopic (exact) mass is 410 g/mol. The second-order valence-corrected chi connectivity index (χ2v) is 7.38. The van der Waals surface area contributed by atoms with E-state index in [1.807, 2.05) is 0 Å². The summed E-state index contributed by atoms with van der Waals surface area (Å²) in [4.78, 5) is 13.3. The van der Waals surface area contributed by atoms with Gasteiger partial charge in [-0.15, -0.1) is 0 Å². The number of rotatable bonds is 13. The van der Waals surface area contributed by atoms with E-state index < -0.39 is 38.8 Å². The summed E-state index contributed by atoms with van der Waals surface area (Å²) in [7, 11) is 0.543. The maximum absolute atomic E-state index is 12.1. The predicted octanol–water partition coefficient (Wildman–Crippen LogP) is 0.210. The normalized spacial score (nSPS) is 20.1. The van der Waals surface area contributed by atoms with Crippen LogP contribution < -0.4 is 5.32 Å². The van der Waals surface area contributed by atoms with Gasteiger partial charge in [0.2, 0.25) is 0 Å². The number of carbonyl (C=O) groups is 1. The molecule has 156 valence electrons. The molecule has 0 saturated heterocycles. The van der Waals surface area contributed by atoms with Gasteiger partial charge in [0, 0.05) is 33.3 Å². The van der Waals surface area contributed by atoms with Crippen LogP contribution in [0.2, 0.25) is 0 Å². The van der Waals surface area contributed by atoms with Crippen molar-refractivity contribution < 1.29 is 42.8 Å². The first kappa shape index (κ1) is 23.7. The van der Waals surface area contributed by atoms with Gasteiger partial charge in [0.05, 0.1) is 26.4 Å². The Morgan fingerprint density at radius 1 is 1.33 bits per heavy atom. The average molecular weight is 410 g/mol. The number of methoxy groups -OCH3 is 1. The molecule has 3 N–H and O–H groups in total. The minimum Gasteiger partial charge on any atom is -0.393 e. The minimum absolute atomic E-state index is 0.0340. The Hall–Kier alpha value is -1.30. The molecule has 27 heavy (non-hydrogen) atoms. The van der Waals surface area contributed by atoms with Gasteiger partial charge in [0.15, 0.2) is 6.23 Å². The topological polar surface area (TPSA) is 136 Å². The van der Waals surface area contributed by atoms with E-state index in [0.717, 1.165) is 5.82 Å². The SMILES string of the molecule is COCCOC[C@@H](O[C@H](/C=C/P(=O)(OC)OC)CO)N1C=CC(O)NC1=O. The number of aliphatic hydroxyl groups is 2. The highest BCUT2D eigenvalue weighted by Gasteiger charge is 2.29. The predicted molar refractivity (Wildman–Crippen MR) is 94.7 cm³/mol. The van der Waals surface area contributed by atoms with Crippen molar-refractivity contribution in [2.75, 3.05) is 47.8 Å². The molecule has 11 nitrogen and oxygen atoms in total. The van der Waals surface area contributed by atoms with Crippen LogP contribution >= 0.6 is 7.60 Å². The van der Waals surface area contributed by atoms with Crippen LogP contribution in [0.15, 0.2) is 24.2 Å². The largest absolute Gasteiger partial charge is 0.393 e. The molecule has 0 radical (unpaired) electrons. The van der Waals surface area contributed by atoms with Crippen LogP contribution in [0.5, 0.6) is 0 Å². The van der Waals surface area contributed by atoms with Crippen LogP contribution in [0, 0.1) is 0 Å². The summed E-state index contributed by atoms with van der Waals surface area (Å²) >= 11 is 0. The number of hydrogen-bond acceptors (Lipinski definition) is 9. The highest BCUT2D eigenvalue weighted by atomic mass is 31.2. The number of ether oxygens (including phenoxy) is 3. The maximum atomic E-state index is 12.1. The van der Waals surface area contributed by atoms with Crippen molar-refractivity contribution in [2.24, 2.45) is 0 Å². The molecule has 1 aliphatic heterocycles. The molecule has 0 aliphatic carbocycles. The molecule has 1 rings (SSSR count). The van der Waals surface area contributed by atoms with Gasteiger partial charge in [0.1, 0.15) is 12.3 Å². The standard InChI is InChI=1S/C15H27N2O9P/c1-22-7-8-25-11-14(17-6-4-13(19)16-15(17)20)26-12(10-18)5-9-27(21,23-2)24-3/h4-6,9,12-14,18-19H,7-8,10-11H2,1-3H3,(H,16,20)/b9-5+/t12-,13?,14-/m1/s1. The average Bonchev–Trinajstić information content (AvgIpc) is 2.67. The fourth-order valence-corrected chi connectivity index (χ4v) is 2.77. The van der Waals surface area contributed by atoms with E-state index >= 15 is 0 Å². The molecule has 1 heterocycles. The summed E-state index contributed by atoms with van der Waals surface area (Å²) in [6.07, 6.45) is 1.05. The zero-order valence-electron chi connectivity index (χ0n) is 15.5. The minimum atomic E-state index is -3.43. The number of nitrogens with zero attached hydrogens (tertiary/aromatic N) is 1. The molecule has 0 saturated carbocycles. The van der Waals surface area contributed by atoms with Crippen molar-refractivity contribution in [1.82, 2.24) is 10.2 Å². The van der Waals surface area contributed by atoms with Gasteiger partial charge in [-0.2, -0.15) is 0 Å². The van der Waals surface area contributed by atoms with E-state index in [2.05, 4.69) is 5.32 Å². The van der Waals surface area contributed by atoms with Crippen LogP contribution in [0.25, 0.3) is 0 Å². The molecule has 0 bridgehead atoms. The van der Waals surface area contributed by atoms with Crippen LogP contribution in [-0.2, 0) is 27.8 Å². The molecule has 1 unspecified atom stereocenters. The molecule has 0 aromatic heterocycles. The smallest absolute Gasteiger partial charge is 0.353 e. The Balaban J connectivity index is 2.86. The van der Waals surface area contributed by atoms with Gasteiger partial charge in [-0.25, -0.2) is 4.79 Å². The fraction of sp³-hybridized carbons (Fsp3) is 0.667. The number of hydrogen-bond donors (Lipinski definition) is 3. The zero-order chi connectivity index (χ0) is 20.3. The zero-order valence-corrected chi connectivity index (χ0v) is 16.4. The Morgan fingerprint density at radius 3 is 2.59 bits per heavy atom. The van der Waals surface area contributed by atoms with Crippen LogP contribution in [0.3, 0.4) is 0 Å². The fourth-order valence-electron chi connectivity index (χ4n) is 1.98. The second-order valence-electron chi connectivity index (χ2n) is 5.27. The molecule has 0 aromatic carbocycles. The molecule has 0 aromatic rings. The van der Waals surface area contributed by atoms with Crippen molar-refractivity contribution in [3.05, 3.63) is 24.2 Å². The maximum Gasteiger partial charge on any atom is 0.353 e. The van der Waals surface area contributed by atoms with Crippen LogP contribution in [-0.4, -0.2) is 87.5 Å². The van der Waals surface area contributed by atoms with E-state index in [4.69, 9.17) is 23.3 Å². The molecular weight excluding hydrogens is 383 g/mol. The third-order valence-corrected chi connectivity index (χ3v) is 5.00. The number of carbonyl (C=O) groups excluding carboxylic acids is 1. The van der Waals surface area contributed by atoms with Gasteiger partial charge < -0.3 is 38.8 Å². The highest BCUT2D eigenvalue weighted by molar-refractivity contribution is 7.57. The third kappa shape index (κ3) is 8.08. The van der Waals surface area contributed by atoms with Gasteiger partial charge in [-0.05, 0) is 12.2 Å².